The first kappa shape index (κ1) is 19.2. The van der Waals surface area contributed by atoms with Crippen LogP contribution in [-0.2, 0) is 0 Å². The van der Waals surface area contributed by atoms with Crippen LogP contribution in [0.2, 0.25) is 0 Å². The normalized spacial score (nSPS) is 24.0. The second kappa shape index (κ2) is 9.99. The molecule has 1 saturated carbocycles. The number of nitrogens with one attached hydrogen (secondary N) is 1. The summed E-state index contributed by atoms with van der Waals surface area (Å²) in [5.41, 5.74) is 2.35. The van der Waals surface area contributed by atoms with E-state index in [9.17, 15) is 0 Å². The van der Waals surface area contributed by atoms with Crippen molar-refractivity contribution in [1.29, 1.82) is 0 Å². The molecule has 1 N–H and O–H groups in total. The molecule has 0 aromatic heterocycles. The summed E-state index contributed by atoms with van der Waals surface area (Å²) >= 11 is 2.13. The summed E-state index contributed by atoms with van der Waals surface area (Å²) in [6, 6.07) is 10.4. The molecule has 1 aliphatic rings. The molecule has 1 aromatic rings. The van der Waals surface area contributed by atoms with Crippen LogP contribution in [0.4, 0.5) is 5.69 Å². The second-order valence-electron chi connectivity index (χ2n) is 5.91. The Kier molecular flexibility index (Phi) is 8.70. The molecule has 1 fully saturated rings. The molecule has 0 radical (unpaired) electrons. The van der Waals surface area contributed by atoms with Gasteiger partial charge in [0.2, 0.25) is 0 Å². The van der Waals surface area contributed by atoms with Gasteiger partial charge in [0, 0.05) is 22.6 Å². The highest BCUT2D eigenvalue weighted by molar-refractivity contribution is 7.99. The summed E-state index contributed by atoms with van der Waals surface area (Å²) in [5, 5.41) is 4.23. The molecule has 4 unspecified atom stereocenters. The smallest absolute Gasteiger partial charge is 0.0381 e. The van der Waals surface area contributed by atoms with E-state index in [4.69, 9.17) is 0 Å². The van der Waals surface area contributed by atoms with E-state index in [1.165, 1.54) is 24.3 Å². The van der Waals surface area contributed by atoms with Crippen molar-refractivity contribution in [2.45, 2.75) is 52.7 Å². The van der Waals surface area contributed by atoms with Crippen molar-refractivity contribution < 1.29 is 0 Å². The van der Waals surface area contributed by atoms with E-state index in [0.29, 0.717) is 5.92 Å². The fourth-order valence-corrected chi connectivity index (χ4v) is 4.54. The van der Waals surface area contributed by atoms with Crippen LogP contribution in [-0.4, -0.2) is 11.0 Å². The van der Waals surface area contributed by atoms with Gasteiger partial charge in [-0.15, -0.1) is 0 Å². The van der Waals surface area contributed by atoms with Crippen molar-refractivity contribution in [2.75, 3.05) is 11.1 Å². The van der Waals surface area contributed by atoms with Crippen molar-refractivity contribution >= 4 is 17.4 Å². The van der Waals surface area contributed by atoms with Gasteiger partial charge in [0.1, 0.15) is 0 Å². The molecule has 22 heavy (non-hydrogen) atoms. The lowest BCUT2D eigenvalue weighted by Gasteiger charge is -2.13. The van der Waals surface area contributed by atoms with Crippen LogP contribution in [0, 0.1) is 17.8 Å². The number of para-hydroxylation sites is 1. The van der Waals surface area contributed by atoms with Gasteiger partial charge >= 0.3 is 0 Å². The maximum absolute atomic E-state index is 4.27. The Labute approximate surface area is 142 Å². The van der Waals surface area contributed by atoms with Crippen LogP contribution in [0.25, 0.3) is 0 Å². The minimum absolute atomic E-state index is 0.638. The third kappa shape index (κ3) is 5.39. The number of hydrogen-bond acceptors (Lipinski definition) is 2. The fourth-order valence-electron chi connectivity index (χ4n) is 3.08. The summed E-state index contributed by atoms with van der Waals surface area (Å²) in [6.07, 6.45) is 2.63. The van der Waals surface area contributed by atoms with Crippen LogP contribution in [0.15, 0.2) is 42.6 Å². The number of unbranched alkanes of at least 4 members (excludes halogenated alkanes) is 1. The standard InChI is InChI=1S/C18H27NS.C2H6/c1-5-6-12-20-15(4)18-13(2)17(18)14(3)19-16-10-8-7-9-11-16;1-2/h7-11,13,15,17-19H,3,5-6,12H2,1-2,4H3;1-2H3. The minimum Gasteiger partial charge on any atom is -0.359 e. The molecule has 4 atom stereocenters. The molecule has 1 aromatic carbocycles. The Morgan fingerprint density at radius 3 is 2.50 bits per heavy atom. The van der Waals surface area contributed by atoms with E-state index >= 15 is 0 Å². The van der Waals surface area contributed by atoms with Crippen LogP contribution in [0.1, 0.15) is 47.5 Å². The van der Waals surface area contributed by atoms with Gasteiger partial charge in [-0.2, -0.15) is 11.8 Å². The lowest BCUT2D eigenvalue weighted by molar-refractivity contribution is 0.727. The second-order valence-corrected chi connectivity index (χ2v) is 7.39. The Balaban J connectivity index is 0.00000116. The van der Waals surface area contributed by atoms with Crippen molar-refractivity contribution in [3.05, 3.63) is 42.6 Å². The first-order chi connectivity index (χ1) is 10.6. The quantitative estimate of drug-likeness (QED) is 0.553. The van der Waals surface area contributed by atoms with E-state index in [1.807, 2.05) is 19.9 Å². The Morgan fingerprint density at radius 2 is 1.91 bits per heavy atom. The molecular formula is C20H33NS. The van der Waals surface area contributed by atoms with Crippen molar-refractivity contribution in [3.8, 4) is 0 Å². The summed E-state index contributed by atoms with van der Waals surface area (Å²) in [6.45, 7) is 15.3. The maximum atomic E-state index is 4.27. The SMILES string of the molecule is C=C(Nc1ccccc1)C1C(C)C1C(C)SCCCC.CC. The van der Waals surface area contributed by atoms with Gasteiger partial charge in [-0.25, -0.2) is 0 Å². The fraction of sp³-hybridized carbons (Fsp3) is 0.600. The molecule has 0 heterocycles. The zero-order valence-corrected chi connectivity index (χ0v) is 15.7. The number of allylic oxidation sites excluding steroid dienone is 1. The van der Waals surface area contributed by atoms with Gasteiger partial charge < -0.3 is 5.32 Å². The topological polar surface area (TPSA) is 12.0 Å². The molecule has 124 valence electrons. The molecule has 0 bridgehead atoms. The molecular weight excluding hydrogens is 286 g/mol. The van der Waals surface area contributed by atoms with Gasteiger partial charge in [-0.05, 0) is 36.1 Å². The summed E-state index contributed by atoms with van der Waals surface area (Å²) in [4.78, 5) is 0. The Morgan fingerprint density at radius 1 is 1.27 bits per heavy atom. The molecule has 2 heteroatoms. The van der Waals surface area contributed by atoms with E-state index in [-0.39, 0.29) is 0 Å². The monoisotopic (exact) mass is 319 g/mol. The van der Waals surface area contributed by atoms with Crippen molar-refractivity contribution in [3.63, 3.8) is 0 Å². The molecule has 0 amide bonds. The largest absolute Gasteiger partial charge is 0.359 e. The number of rotatable bonds is 8. The number of benzene rings is 1. The van der Waals surface area contributed by atoms with E-state index in [2.05, 4.69) is 68.7 Å². The molecule has 1 aliphatic carbocycles. The summed E-state index contributed by atoms with van der Waals surface area (Å²) in [7, 11) is 0. The van der Waals surface area contributed by atoms with Gasteiger partial charge in [-0.1, -0.05) is 65.8 Å². The Bertz CT molecular complexity index is 429. The van der Waals surface area contributed by atoms with Gasteiger partial charge in [0.15, 0.2) is 0 Å². The first-order valence-electron chi connectivity index (χ1n) is 8.77. The van der Waals surface area contributed by atoms with Crippen LogP contribution in [0.5, 0.6) is 0 Å². The molecule has 0 spiro atoms. The van der Waals surface area contributed by atoms with E-state index < -0.39 is 0 Å². The third-order valence-corrected chi connectivity index (χ3v) is 5.71. The first-order valence-corrected chi connectivity index (χ1v) is 9.82. The minimum atomic E-state index is 0.638. The highest BCUT2D eigenvalue weighted by Crippen LogP contribution is 2.54. The van der Waals surface area contributed by atoms with E-state index in [1.54, 1.807) is 0 Å². The summed E-state index contributed by atoms with van der Waals surface area (Å²) < 4.78 is 0. The van der Waals surface area contributed by atoms with Crippen molar-refractivity contribution in [2.24, 2.45) is 17.8 Å². The lowest BCUT2D eigenvalue weighted by atomic mass is 10.2. The molecule has 0 saturated heterocycles. The molecule has 0 aliphatic heterocycles. The number of thioether (sulfide) groups is 1. The highest BCUT2D eigenvalue weighted by atomic mass is 32.2. The van der Waals surface area contributed by atoms with Crippen LogP contribution < -0.4 is 5.32 Å². The van der Waals surface area contributed by atoms with E-state index in [0.717, 1.165) is 22.8 Å². The molecule has 2 rings (SSSR count). The number of anilines is 1. The average molecular weight is 320 g/mol. The predicted octanol–water partition coefficient (Wildman–Crippen LogP) is 6.44. The average Bonchev–Trinajstić information content (AvgIpc) is 3.22. The maximum Gasteiger partial charge on any atom is 0.0381 e. The van der Waals surface area contributed by atoms with Crippen LogP contribution in [0.3, 0.4) is 0 Å². The zero-order valence-electron chi connectivity index (χ0n) is 14.9. The Hall–Kier alpha value is -0.890. The van der Waals surface area contributed by atoms with Crippen molar-refractivity contribution in [1.82, 2.24) is 0 Å². The van der Waals surface area contributed by atoms with Gasteiger partial charge in [0.05, 0.1) is 0 Å². The van der Waals surface area contributed by atoms with Gasteiger partial charge in [-0.3, -0.25) is 0 Å². The van der Waals surface area contributed by atoms with Gasteiger partial charge in [0.25, 0.3) is 0 Å². The summed E-state index contributed by atoms with van der Waals surface area (Å²) in [5.74, 6) is 3.49. The van der Waals surface area contributed by atoms with Crippen LogP contribution >= 0.6 is 11.8 Å². The molecule has 1 nitrogen and oxygen atoms in total. The number of hydrogen-bond donors (Lipinski definition) is 1. The predicted molar refractivity (Wildman–Crippen MR) is 104 cm³/mol. The lowest BCUT2D eigenvalue weighted by Crippen LogP contribution is -2.07. The third-order valence-electron chi connectivity index (χ3n) is 4.35. The zero-order chi connectivity index (χ0) is 16.5. The highest BCUT2D eigenvalue weighted by Gasteiger charge is 2.51.